The highest BCUT2D eigenvalue weighted by Gasteiger charge is 2.12. The molecule has 0 bridgehead atoms. The van der Waals surface area contributed by atoms with E-state index in [1.54, 1.807) is 25.3 Å². The molecule has 0 saturated carbocycles. The van der Waals surface area contributed by atoms with E-state index in [4.69, 9.17) is 14.6 Å². The highest BCUT2D eigenvalue weighted by atomic mass is 16.5. The molecule has 0 aliphatic rings. The Morgan fingerprint density at radius 1 is 1.33 bits per heavy atom. The number of benzene rings is 1. The maximum Gasteiger partial charge on any atom is 0.160 e. The number of aliphatic hydroxyl groups is 1. The number of rotatable bonds is 5. The molecule has 0 aliphatic carbocycles. The molecule has 0 heterocycles. The molecule has 0 aliphatic heterocycles. The van der Waals surface area contributed by atoms with Gasteiger partial charge in [-0.2, -0.15) is 0 Å². The van der Waals surface area contributed by atoms with Gasteiger partial charge in [0.15, 0.2) is 11.5 Å². The van der Waals surface area contributed by atoms with Crippen LogP contribution in [0.15, 0.2) is 18.2 Å². The van der Waals surface area contributed by atoms with E-state index >= 15 is 0 Å². The molecule has 4 nitrogen and oxygen atoms in total. The first-order chi connectivity index (χ1) is 7.22. The third-order valence-electron chi connectivity index (χ3n) is 2.25. The van der Waals surface area contributed by atoms with Crippen LogP contribution in [0.25, 0.3) is 0 Å². The van der Waals surface area contributed by atoms with E-state index in [1.807, 2.05) is 0 Å². The number of ether oxygens (including phenoxy) is 2. The van der Waals surface area contributed by atoms with E-state index < -0.39 is 0 Å². The Hall–Kier alpha value is -1.26. The molecule has 0 fully saturated rings. The zero-order valence-electron chi connectivity index (χ0n) is 8.93. The van der Waals surface area contributed by atoms with Gasteiger partial charge in [0.1, 0.15) is 0 Å². The molecule has 0 unspecified atom stereocenters. The second kappa shape index (κ2) is 5.58. The summed E-state index contributed by atoms with van der Waals surface area (Å²) in [6.45, 7) is 0.0572. The minimum atomic E-state index is -0.176. The van der Waals surface area contributed by atoms with E-state index in [0.29, 0.717) is 12.2 Å². The van der Waals surface area contributed by atoms with E-state index in [2.05, 4.69) is 0 Å². The van der Waals surface area contributed by atoms with Crippen LogP contribution in [0.2, 0.25) is 0 Å². The van der Waals surface area contributed by atoms with E-state index in [1.165, 1.54) is 7.11 Å². The van der Waals surface area contributed by atoms with Crippen LogP contribution >= 0.6 is 0 Å². The lowest BCUT2D eigenvalue weighted by molar-refractivity contribution is 0.0773. The van der Waals surface area contributed by atoms with Gasteiger partial charge in [-0.15, -0.1) is 0 Å². The summed E-state index contributed by atoms with van der Waals surface area (Å²) in [4.78, 5) is 0. The topological polar surface area (TPSA) is 58.9 Å². The van der Waals surface area contributed by atoms with Crippen LogP contribution < -0.4 is 4.74 Å². The number of hydrogen-bond acceptors (Lipinski definition) is 4. The fourth-order valence-electron chi connectivity index (χ4n) is 1.43. The van der Waals surface area contributed by atoms with Crippen LogP contribution in [0.5, 0.6) is 11.5 Å². The number of phenols is 1. The summed E-state index contributed by atoms with van der Waals surface area (Å²) in [6.07, 6.45) is 0.342. The predicted octanol–water partition coefficient (Wildman–Crippen LogP) is 1.47. The van der Waals surface area contributed by atoms with Crippen molar-refractivity contribution >= 4 is 0 Å². The van der Waals surface area contributed by atoms with Crippen LogP contribution in [0.1, 0.15) is 18.1 Å². The largest absolute Gasteiger partial charge is 0.504 e. The average Bonchev–Trinajstić information content (AvgIpc) is 2.27. The first-order valence-electron chi connectivity index (χ1n) is 4.73. The van der Waals surface area contributed by atoms with Crippen LogP contribution in [0, 0.1) is 0 Å². The molecule has 0 spiro atoms. The molecule has 0 saturated heterocycles. The SMILES string of the molecule is COc1cc([C@@H](CCO)OC)ccc1O. The standard InChI is InChI=1S/C11H16O4/c1-14-10(5-6-12)8-3-4-9(13)11(7-8)15-2/h3-4,7,10,12-13H,5-6H2,1-2H3/t10-/m1/s1. The monoisotopic (exact) mass is 212 g/mol. The van der Waals surface area contributed by atoms with Crippen molar-refractivity contribution in [3.63, 3.8) is 0 Å². The van der Waals surface area contributed by atoms with Gasteiger partial charge in [0.25, 0.3) is 0 Å². The summed E-state index contributed by atoms with van der Waals surface area (Å²) < 4.78 is 10.2. The Bertz CT molecular complexity index is 311. The maximum absolute atomic E-state index is 9.40. The summed E-state index contributed by atoms with van der Waals surface area (Å²) in [5.41, 5.74) is 0.876. The van der Waals surface area contributed by atoms with Gasteiger partial charge in [-0.05, 0) is 17.7 Å². The average molecular weight is 212 g/mol. The summed E-state index contributed by atoms with van der Waals surface area (Å²) in [5, 5.41) is 18.3. The normalized spacial score (nSPS) is 12.5. The third-order valence-corrected chi connectivity index (χ3v) is 2.25. The van der Waals surface area contributed by atoms with Gasteiger partial charge in [0.05, 0.1) is 13.2 Å². The quantitative estimate of drug-likeness (QED) is 0.776. The molecule has 1 atom stereocenters. The van der Waals surface area contributed by atoms with Gasteiger partial charge in [-0.25, -0.2) is 0 Å². The number of aliphatic hydroxyl groups excluding tert-OH is 1. The van der Waals surface area contributed by atoms with Crippen LogP contribution in [0.4, 0.5) is 0 Å². The smallest absolute Gasteiger partial charge is 0.160 e. The molecule has 15 heavy (non-hydrogen) atoms. The van der Waals surface area contributed by atoms with Gasteiger partial charge in [0, 0.05) is 20.1 Å². The fraction of sp³-hybridized carbons (Fsp3) is 0.455. The van der Waals surface area contributed by atoms with Gasteiger partial charge >= 0.3 is 0 Å². The second-order valence-corrected chi connectivity index (χ2v) is 3.17. The fourth-order valence-corrected chi connectivity index (χ4v) is 1.43. The lowest BCUT2D eigenvalue weighted by Crippen LogP contribution is -2.04. The lowest BCUT2D eigenvalue weighted by atomic mass is 10.1. The Kier molecular flexibility index (Phi) is 4.39. The first-order valence-corrected chi connectivity index (χ1v) is 4.73. The van der Waals surface area contributed by atoms with E-state index in [9.17, 15) is 5.11 Å². The van der Waals surface area contributed by atoms with Gasteiger partial charge in [-0.3, -0.25) is 0 Å². The molecule has 1 aromatic rings. The van der Waals surface area contributed by atoms with Crippen molar-refractivity contribution in [3.05, 3.63) is 23.8 Å². The van der Waals surface area contributed by atoms with Crippen molar-refractivity contribution in [2.45, 2.75) is 12.5 Å². The van der Waals surface area contributed by atoms with Crippen LogP contribution in [0.3, 0.4) is 0 Å². The van der Waals surface area contributed by atoms with Crippen molar-refractivity contribution in [2.75, 3.05) is 20.8 Å². The Balaban J connectivity index is 2.92. The highest BCUT2D eigenvalue weighted by molar-refractivity contribution is 5.42. The molecule has 0 radical (unpaired) electrons. The number of methoxy groups -OCH3 is 2. The summed E-state index contributed by atoms with van der Waals surface area (Å²) in [5.74, 6) is 0.507. The molecule has 4 heteroatoms. The molecule has 84 valence electrons. The Labute approximate surface area is 89.1 Å². The van der Waals surface area contributed by atoms with Crippen molar-refractivity contribution in [1.29, 1.82) is 0 Å². The summed E-state index contributed by atoms with van der Waals surface area (Å²) >= 11 is 0. The van der Waals surface area contributed by atoms with Crippen molar-refractivity contribution in [1.82, 2.24) is 0 Å². The highest BCUT2D eigenvalue weighted by Crippen LogP contribution is 2.30. The lowest BCUT2D eigenvalue weighted by Gasteiger charge is -2.15. The second-order valence-electron chi connectivity index (χ2n) is 3.17. The van der Waals surface area contributed by atoms with Crippen molar-refractivity contribution < 1.29 is 19.7 Å². The minimum absolute atomic E-state index is 0.0572. The molecule has 2 N–H and O–H groups in total. The molecule has 1 aromatic carbocycles. The van der Waals surface area contributed by atoms with E-state index in [-0.39, 0.29) is 18.5 Å². The number of hydrogen-bond donors (Lipinski definition) is 2. The molecule has 0 amide bonds. The summed E-state index contributed by atoms with van der Waals surface area (Å²) in [7, 11) is 3.08. The minimum Gasteiger partial charge on any atom is -0.504 e. The molecular formula is C11H16O4. The van der Waals surface area contributed by atoms with Crippen LogP contribution in [-0.4, -0.2) is 31.0 Å². The zero-order valence-corrected chi connectivity index (χ0v) is 8.93. The maximum atomic E-state index is 9.40. The Morgan fingerprint density at radius 2 is 2.07 bits per heavy atom. The number of phenolic OH excluding ortho intramolecular Hbond substituents is 1. The third kappa shape index (κ3) is 2.84. The van der Waals surface area contributed by atoms with Crippen LogP contribution in [-0.2, 0) is 4.74 Å². The van der Waals surface area contributed by atoms with Gasteiger partial charge in [0.2, 0.25) is 0 Å². The predicted molar refractivity (Wildman–Crippen MR) is 56.1 cm³/mol. The van der Waals surface area contributed by atoms with Crippen molar-refractivity contribution in [2.24, 2.45) is 0 Å². The first kappa shape index (κ1) is 11.8. The molecule has 0 aromatic heterocycles. The summed E-state index contributed by atoms with van der Waals surface area (Å²) in [6, 6.07) is 5.01. The number of aromatic hydroxyl groups is 1. The Morgan fingerprint density at radius 3 is 2.60 bits per heavy atom. The molecular weight excluding hydrogens is 196 g/mol. The molecule has 1 rings (SSSR count). The zero-order chi connectivity index (χ0) is 11.3. The van der Waals surface area contributed by atoms with Gasteiger partial charge in [-0.1, -0.05) is 6.07 Å². The van der Waals surface area contributed by atoms with Gasteiger partial charge < -0.3 is 19.7 Å². The van der Waals surface area contributed by atoms with E-state index in [0.717, 1.165) is 5.56 Å². The van der Waals surface area contributed by atoms with Crippen molar-refractivity contribution in [3.8, 4) is 11.5 Å².